The van der Waals surface area contributed by atoms with Gasteiger partial charge in [0.25, 0.3) is 0 Å². The maximum Gasteiger partial charge on any atom is 0.319 e. The third kappa shape index (κ3) is 9.07. The molecule has 4 unspecified atom stereocenters. The lowest BCUT2D eigenvalue weighted by Gasteiger charge is -2.39. The van der Waals surface area contributed by atoms with E-state index in [1.165, 1.54) is 51.4 Å². The van der Waals surface area contributed by atoms with Gasteiger partial charge in [0.05, 0.1) is 0 Å². The normalized spacial score (nSPS) is 21.0. The molecule has 0 amide bonds. The molecular weight excluding hydrogens is 471 g/mol. The Labute approximate surface area is 221 Å². The van der Waals surface area contributed by atoms with Crippen molar-refractivity contribution in [3.05, 3.63) is 22.3 Å². The Morgan fingerprint density at radius 2 is 1.47 bits per heavy atom. The first-order valence-corrected chi connectivity index (χ1v) is 15.6. The zero-order chi connectivity index (χ0) is 27.1. The van der Waals surface area contributed by atoms with Crippen molar-refractivity contribution in [2.45, 2.75) is 132 Å². The SMILES string of the molecule is COP(=O)([O-])Oc1c(C)c(C)c2c(c1C)CCC(C)(CCCC(C)CCCC(C)CCCC(C)C)O2. The van der Waals surface area contributed by atoms with E-state index in [9.17, 15) is 9.46 Å². The minimum absolute atomic E-state index is 0.190. The first-order valence-electron chi connectivity index (χ1n) is 14.2. The molecule has 1 aliphatic heterocycles. The maximum absolute atomic E-state index is 11.9. The maximum atomic E-state index is 11.9. The van der Waals surface area contributed by atoms with E-state index >= 15 is 0 Å². The molecule has 4 atom stereocenters. The average molecular weight is 524 g/mol. The highest BCUT2D eigenvalue weighted by molar-refractivity contribution is 7.46. The Morgan fingerprint density at radius 3 is 2.03 bits per heavy atom. The Morgan fingerprint density at radius 1 is 0.917 bits per heavy atom. The van der Waals surface area contributed by atoms with Gasteiger partial charge in [0.15, 0.2) is 0 Å². The summed E-state index contributed by atoms with van der Waals surface area (Å²) in [6.07, 6.45) is 13.3. The smallest absolute Gasteiger partial charge is 0.319 e. The summed E-state index contributed by atoms with van der Waals surface area (Å²) >= 11 is 0. The monoisotopic (exact) mass is 523 g/mol. The van der Waals surface area contributed by atoms with Gasteiger partial charge in [0.1, 0.15) is 17.1 Å². The predicted octanol–water partition coefficient (Wildman–Crippen LogP) is 8.63. The van der Waals surface area contributed by atoms with E-state index in [0.717, 1.165) is 72.1 Å². The highest BCUT2D eigenvalue weighted by Crippen LogP contribution is 2.49. The largest absolute Gasteiger partial charge is 0.746 e. The molecule has 36 heavy (non-hydrogen) atoms. The zero-order valence-corrected chi connectivity index (χ0v) is 25.4. The fourth-order valence-corrected chi connectivity index (χ4v) is 6.12. The number of hydrogen-bond donors (Lipinski definition) is 0. The zero-order valence-electron chi connectivity index (χ0n) is 24.5. The summed E-state index contributed by atoms with van der Waals surface area (Å²) in [5.41, 5.74) is 3.43. The van der Waals surface area contributed by atoms with Crippen LogP contribution in [0.2, 0.25) is 0 Å². The van der Waals surface area contributed by atoms with Gasteiger partial charge in [0.2, 0.25) is 0 Å². The van der Waals surface area contributed by atoms with Gasteiger partial charge in [0, 0.05) is 12.7 Å². The standard InChI is InChI=1S/C30H53O5P/c1-21(2)13-10-14-22(3)15-11-16-23(4)17-12-19-30(8)20-18-27-26(7)28(35-36(31,32)33-9)24(5)25(6)29(27)34-30/h21-23H,10-20H2,1-9H3,(H,31,32)/p-1. The number of ether oxygens (including phenoxy) is 1. The predicted molar refractivity (Wildman–Crippen MR) is 148 cm³/mol. The van der Waals surface area contributed by atoms with Gasteiger partial charge in [-0.05, 0) is 87.8 Å². The molecule has 0 spiro atoms. The summed E-state index contributed by atoms with van der Waals surface area (Å²) in [5.74, 6) is 3.71. The fourth-order valence-electron chi connectivity index (χ4n) is 5.55. The molecule has 6 heteroatoms. The van der Waals surface area contributed by atoms with E-state index in [4.69, 9.17) is 9.26 Å². The number of hydrogen-bond acceptors (Lipinski definition) is 5. The highest BCUT2D eigenvalue weighted by Gasteiger charge is 2.35. The van der Waals surface area contributed by atoms with Crippen molar-refractivity contribution in [1.82, 2.24) is 0 Å². The first-order chi connectivity index (χ1) is 16.8. The van der Waals surface area contributed by atoms with E-state index < -0.39 is 7.82 Å². The molecular formula is C30H52O5P-. The lowest BCUT2D eigenvalue weighted by atomic mass is 9.84. The molecule has 2 rings (SSSR count). The Bertz CT molecular complexity index is 896. The van der Waals surface area contributed by atoms with Gasteiger partial charge in [-0.3, -0.25) is 4.57 Å². The Balaban J connectivity index is 1.87. The molecule has 0 saturated heterocycles. The molecule has 0 saturated carbocycles. The van der Waals surface area contributed by atoms with Crippen LogP contribution in [-0.4, -0.2) is 12.7 Å². The third-order valence-electron chi connectivity index (χ3n) is 8.26. The molecule has 5 nitrogen and oxygen atoms in total. The molecule has 0 aliphatic carbocycles. The second-order valence-electron chi connectivity index (χ2n) is 12.1. The lowest BCUT2D eigenvalue weighted by molar-refractivity contribution is -0.214. The number of fused-ring (bicyclic) bond motifs is 1. The van der Waals surface area contributed by atoms with Crippen molar-refractivity contribution in [3.63, 3.8) is 0 Å². The highest BCUT2D eigenvalue weighted by atomic mass is 31.2. The van der Waals surface area contributed by atoms with Crippen molar-refractivity contribution >= 4 is 7.82 Å². The van der Waals surface area contributed by atoms with Crippen LogP contribution in [0.25, 0.3) is 0 Å². The molecule has 1 aliphatic rings. The van der Waals surface area contributed by atoms with Crippen LogP contribution in [0, 0.1) is 38.5 Å². The van der Waals surface area contributed by atoms with Crippen LogP contribution in [0.3, 0.4) is 0 Å². The van der Waals surface area contributed by atoms with Gasteiger partial charge >= 0.3 is 7.82 Å². The van der Waals surface area contributed by atoms with E-state index in [-0.39, 0.29) is 5.60 Å². The minimum Gasteiger partial charge on any atom is -0.746 e. The molecule has 0 fully saturated rings. The lowest BCUT2D eigenvalue weighted by Crippen LogP contribution is -2.37. The summed E-state index contributed by atoms with van der Waals surface area (Å²) in [6, 6.07) is 0. The second kappa shape index (κ2) is 13.7. The minimum atomic E-state index is -4.37. The molecule has 1 heterocycles. The quantitative estimate of drug-likeness (QED) is 0.215. The number of phosphoric ester groups is 1. The summed E-state index contributed by atoms with van der Waals surface area (Å²) in [4.78, 5) is 11.9. The van der Waals surface area contributed by atoms with E-state index in [1.807, 2.05) is 20.8 Å². The Hall–Kier alpha value is -1.03. The molecule has 0 N–H and O–H groups in total. The van der Waals surface area contributed by atoms with Crippen LogP contribution < -0.4 is 14.2 Å². The van der Waals surface area contributed by atoms with Crippen molar-refractivity contribution in [3.8, 4) is 11.5 Å². The summed E-state index contributed by atoms with van der Waals surface area (Å²) < 4.78 is 28.4. The summed E-state index contributed by atoms with van der Waals surface area (Å²) in [5, 5.41) is 0. The van der Waals surface area contributed by atoms with Gasteiger partial charge in [-0.25, -0.2) is 0 Å². The topological polar surface area (TPSA) is 67.8 Å². The van der Waals surface area contributed by atoms with Crippen LogP contribution in [0.15, 0.2) is 0 Å². The average Bonchev–Trinajstić information content (AvgIpc) is 2.80. The number of rotatable bonds is 15. The summed E-state index contributed by atoms with van der Waals surface area (Å²) in [6.45, 7) is 17.5. The van der Waals surface area contributed by atoms with E-state index in [0.29, 0.717) is 5.75 Å². The van der Waals surface area contributed by atoms with Crippen LogP contribution >= 0.6 is 7.82 Å². The Kier molecular flexibility index (Phi) is 11.8. The van der Waals surface area contributed by atoms with Crippen molar-refractivity contribution in [2.75, 3.05) is 7.11 Å². The van der Waals surface area contributed by atoms with Crippen molar-refractivity contribution < 1.29 is 23.2 Å². The van der Waals surface area contributed by atoms with Crippen LogP contribution in [0.1, 0.15) is 121 Å². The van der Waals surface area contributed by atoms with Gasteiger partial charge in [-0.2, -0.15) is 0 Å². The molecule has 1 aromatic carbocycles. The number of phosphoric acid groups is 1. The van der Waals surface area contributed by atoms with E-state index in [1.54, 1.807) is 0 Å². The first kappa shape index (κ1) is 31.2. The van der Waals surface area contributed by atoms with E-state index in [2.05, 4.69) is 39.1 Å². The summed E-state index contributed by atoms with van der Waals surface area (Å²) in [7, 11) is -3.25. The molecule has 208 valence electrons. The van der Waals surface area contributed by atoms with Gasteiger partial charge in [-0.1, -0.05) is 72.6 Å². The van der Waals surface area contributed by atoms with Crippen LogP contribution in [-0.2, 0) is 15.5 Å². The molecule has 0 radical (unpaired) electrons. The molecule has 0 bridgehead atoms. The third-order valence-corrected chi connectivity index (χ3v) is 9.12. The van der Waals surface area contributed by atoms with Gasteiger partial charge in [-0.15, -0.1) is 0 Å². The molecule has 0 aromatic heterocycles. The van der Waals surface area contributed by atoms with Crippen LogP contribution in [0.5, 0.6) is 11.5 Å². The van der Waals surface area contributed by atoms with Crippen molar-refractivity contribution in [2.24, 2.45) is 17.8 Å². The number of benzene rings is 1. The van der Waals surface area contributed by atoms with Gasteiger partial charge < -0.3 is 18.7 Å². The fraction of sp³-hybridized carbons (Fsp3) is 0.800. The second-order valence-corrected chi connectivity index (χ2v) is 13.6. The van der Waals surface area contributed by atoms with Crippen molar-refractivity contribution in [1.29, 1.82) is 0 Å². The molecule has 1 aromatic rings. The van der Waals surface area contributed by atoms with Crippen LogP contribution in [0.4, 0.5) is 0 Å².